The number of hydrogen-bond donors (Lipinski definition) is 6. The number of aromatic nitrogens is 1. The number of carbonyl (C=O) groups is 6. The monoisotopic (exact) mass is 778 g/mol. The van der Waals surface area contributed by atoms with E-state index in [4.69, 9.17) is 21.1 Å². The number of methoxy groups -OCH3 is 1. The Morgan fingerprint density at radius 3 is 2.13 bits per heavy atom. The minimum absolute atomic E-state index is 0.0673. The highest BCUT2D eigenvalue weighted by Gasteiger charge is 2.40. The number of fused-ring (bicyclic) bond motifs is 1. The second-order valence-electron chi connectivity index (χ2n) is 15.2. The van der Waals surface area contributed by atoms with Gasteiger partial charge < -0.3 is 41.0 Å². The largest absolute Gasteiger partial charge is 0.469 e. The normalized spacial score (nSPS) is 17.0. The molecule has 1 saturated heterocycles. The molecule has 2 heterocycles. The smallest absolute Gasteiger partial charge is 0.329 e. The number of ether oxygens (including phenoxy) is 2. The lowest BCUT2D eigenvalue weighted by Crippen LogP contribution is -2.62. The van der Waals surface area contributed by atoms with Crippen LogP contribution in [0, 0.1) is 5.92 Å². The Morgan fingerprint density at radius 1 is 0.925 bits per heavy atom. The quantitative estimate of drug-likeness (QED) is 0.130. The standard InChI is InChI=1S/C37H55ClN6O8S/c1-20(2)17-25(42-34(49)29(37(6,7)53-9)44-31(46)24-15-12-16-39-24)32(47)41-26(18-22-21-13-10-11-14-23(21)40-30(22)38)33(48)43-27(19-28(45)51-8)35(50)52-36(3,4)5/h10-11,13-14,20,24-27,29,39-40H,12,15-19H2,1-9H3,(H,41,47)(H,42,49)(H,43,48)(H,44,46)/t24-,25-,26+,27+,29-/m0/s1. The van der Waals surface area contributed by atoms with Gasteiger partial charge in [-0.05, 0) is 84.2 Å². The first-order valence-electron chi connectivity index (χ1n) is 17.8. The van der Waals surface area contributed by atoms with Crippen LogP contribution in [0.5, 0.6) is 0 Å². The average molecular weight is 779 g/mol. The fourth-order valence-corrected chi connectivity index (χ4v) is 6.61. The Hall–Kier alpha value is -3.82. The number of hydrogen-bond acceptors (Lipinski definition) is 10. The van der Waals surface area contributed by atoms with E-state index >= 15 is 0 Å². The van der Waals surface area contributed by atoms with Crippen LogP contribution in [-0.4, -0.2) is 101 Å². The topological polar surface area (TPSA) is 197 Å². The summed E-state index contributed by atoms with van der Waals surface area (Å²) in [4.78, 5) is 84.0. The molecule has 0 radical (unpaired) electrons. The highest BCUT2D eigenvalue weighted by molar-refractivity contribution is 8.00. The van der Waals surface area contributed by atoms with Crippen LogP contribution in [0.15, 0.2) is 24.3 Å². The first kappa shape index (κ1) is 43.6. The molecule has 1 aliphatic heterocycles. The van der Waals surface area contributed by atoms with E-state index in [1.807, 2.05) is 52.1 Å². The van der Waals surface area contributed by atoms with E-state index in [0.29, 0.717) is 29.4 Å². The highest BCUT2D eigenvalue weighted by atomic mass is 35.5. The van der Waals surface area contributed by atoms with Gasteiger partial charge in [0, 0.05) is 22.1 Å². The molecule has 0 saturated carbocycles. The van der Waals surface area contributed by atoms with Crippen LogP contribution in [0.3, 0.4) is 0 Å². The third kappa shape index (κ3) is 12.6. The molecule has 294 valence electrons. The van der Waals surface area contributed by atoms with Crippen molar-refractivity contribution in [2.45, 2.75) is 121 Å². The van der Waals surface area contributed by atoms with E-state index in [-0.39, 0.29) is 29.8 Å². The highest BCUT2D eigenvalue weighted by Crippen LogP contribution is 2.28. The van der Waals surface area contributed by atoms with Gasteiger partial charge in [0.25, 0.3) is 0 Å². The van der Waals surface area contributed by atoms with Crippen molar-refractivity contribution in [2.75, 3.05) is 19.9 Å². The van der Waals surface area contributed by atoms with Crippen molar-refractivity contribution in [1.82, 2.24) is 31.6 Å². The molecule has 0 aliphatic carbocycles. The minimum atomic E-state index is -1.44. The Balaban J connectivity index is 1.97. The van der Waals surface area contributed by atoms with Crippen molar-refractivity contribution >= 4 is 69.8 Å². The number of para-hydroxylation sites is 1. The van der Waals surface area contributed by atoms with Gasteiger partial charge in [-0.25, -0.2) is 4.79 Å². The van der Waals surface area contributed by atoms with Crippen LogP contribution in [0.1, 0.15) is 79.7 Å². The number of H-pyrrole nitrogens is 1. The average Bonchev–Trinajstić information content (AvgIpc) is 3.73. The summed E-state index contributed by atoms with van der Waals surface area (Å²) in [7, 11) is 1.16. The van der Waals surface area contributed by atoms with Crippen LogP contribution in [0.4, 0.5) is 0 Å². The zero-order chi connectivity index (χ0) is 39.7. The number of rotatable bonds is 17. The van der Waals surface area contributed by atoms with Crippen molar-refractivity contribution in [2.24, 2.45) is 5.92 Å². The van der Waals surface area contributed by atoms with Gasteiger partial charge in [-0.15, -0.1) is 0 Å². The van der Waals surface area contributed by atoms with E-state index in [1.165, 1.54) is 11.8 Å². The third-order valence-electron chi connectivity index (χ3n) is 8.90. The molecule has 0 bridgehead atoms. The van der Waals surface area contributed by atoms with E-state index in [0.717, 1.165) is 13.5 Å². The van der Waals surface area contributed by atoms with E-state index in [9.17, 15) is 28.8 Å². The lowest BCUT2D eigenvalue weighted by molar-refractivity contribution is -0.161. The van der Waals surface area contributed by atoms with Crippen molar-refractivity contribution < 1.29 is 38.2 Å². The minimum Gasteiger partial charge on any atom is -0.469 e. The first-order valence-corrected chi connectivity index (χ1v) is 19.4. The fraction of sp³-hybridized carbons (Fsp3) is 0.622. The van der Waals surface area contributed by atoms with Gasteiger partial charge in [-0.3, -0.25) is 24.0 Å². The van der Waals surface area contributed by atoms with E-state index in [1.54, 1.807) is 26.8 Å². The predicted molar refractivity (Wildman–Crippen MR) is 205 cm³/mol. The summed E-state index contributed by atoms with van der Waals surface area (Å²) in [6.45, 7) is 13.1. The van der Waals surface area contributed by atoms with Gasteiger partial charge in [0.15, 0.2) is 0 Å². The van der Waals surface area contributed by atoms with Crippen molar-refractivity contribution in [3.05, 3.63) is 35.0 Å². The first-order chi connectivity index (χ1) is 24.8. The van der Waals surface area contributed by atoms with E-state index in [2.05, 4.69) is 31.6 Å². The lowest BCUT2D eigenvalue weighted by Gasteiger charge is -2.34. The fourth-order valence-electron chi connectivity index (χ4n) is 5.92. The summed E-state index contributed by atoms with van der Waals surface area (Å²) in [5, 5.41) is 15.2. The predicted octanol–water partition coefficient (Wildman–Crippen LogP) is 3.15. The summed E-state index contributed by atoms with van der Waals surface area (Å²) in [6.07, 6.45) is 2.89. The molecule has 4 amide bonds. The van der Waals surface area contributed by atoms with Crippen LogP contribution >= 0.6 is 23.4 Å². The molecule has 14 nitrogen and oxygen atoms in total. The number of benzene rings is 1. The van der Waals surface area contributed by atoms with Gasteiger partial charge in [0.1, 0.15) is 34.9 Å². The Kier molecular flexibility index (Phi) is 15.6. The Labute approximate surface area is 320 Å². The van der Waals surface area contributed by atoms with Gasteiger partial charge in [0.05, 0.1) is 19.6 Å². The molecule has 0 spiro atoms. The maximum absolute atomic E-state index is 14.2. The van der Waals surface area contributed by atoms with Crippen LogP contribution in [-0.2, 0) is 44.7 Å². The third-order valence-corrected chi connectivity index (χ3v) is 10.5. The number of thioether (sulfide) groups is 1. The number of halogens is 1. The summed E-state index contributed by atoms with van der Waals surface area (Å²) < 4.78 is 9.49. The second kappa shape index (κ2) is 19.0. The van der Waals surface area contributed by atoms with Gasteiger partial charge in [-0.1, -0.05) is 43.6 Å². The summed E-state index contributed by atoms with van der Waals surface area (Å²) in [5.41, 5.74) is 0.302. The van der Waals surface area contributed by atoms with E-state index < -0.39 is 76.6 Å². The molecule has 1 fully saturated rings. The van der Waals surface area contributed by atoms with Crippen molar-refractivity contribution in [1.29, 1.82) is 0 Å². The molecule has 2 aromatic rings. The SMILES string of the molecule is COC(=O)C[C@@H](NC(=O)[C@@H](Cc1c(Cl)[nH]c2ccccc12)NC(=O)[C@H](CC(C)C)NC(=O)[C@H](NC(=O)[C@@H]1CCCN1)C(C)(C)SC)C(=O)OC(C)(C)C. The molecule has 5 atom stereocenters. The molecular weight excluding hydrogens is 724 g/mol. The molecule has 6 N–H and O–H groups in total. The van der Waals surface area contributed by atoms with Gasteiger partial charge in [-0.2, -0.15) is 11.8 Å². The number of carbonyl (C=O) groups excluding carboxylic acids is 6. The summed E-state index contributed by atoms with van der Waals surface area (Å²) >= 11 is 8.01. The van der Waals surface area contributed by atoms with Crippen molar-refractivity contribution in [3.63, 3.8) is 0 Å². The van der Waals surface area contributed by atoms with Crippen LogP contribution in [0.25, 0.3) is 10.9 Å². The summed E-state index contributed by atoms with van der Waals surface area (Å²) in [5.74, 6) is -4.02. The molecule has 53 heavy (non-hydrogen) atoms. The number of nitrogens with one attached hydrogen (secondary N) is 6. The maximum Gasteiger partial charge on any atom is 0.329 e. The zero-order valence-corrected chi connectivity index (χ0v) is 33.6. The number of amides is 4. The van der Waals surface area contributed by atoms with Gasteiger partial charge >= 0.3 is 11.9 Å². The second-order valence-corrected chi connectivity index (χ2v) is 17.0. The molecular formula is C37H55ClN6O8S. The van der Waals surface area contributed by atoms with Crippen LogP contribution < -0.4 is 26.6 Å². The lowest BCUT2D eigenvalue weighted by atomic mass is 9.98. The molecule has 16 heteroatoms. The summed E-state index contributed by atoms with van der Waals surface area (Å²) in [6, 6.07) is 1.95. The zero-order valence-electron chi connectivity index (χ0n) is 32.1. The molecule has 1 aromatic carbocycles. The number of aromatic amines is 1. The molecule has 1 aliphatic rings. The molecule has 0 unspecified atom stereocenters. The number of esters is 2. The molecule has 3 rings (SSSR count). The Morgan fingerprint density at radius 2 is 1.55 bits per heavy atom. The van der Waals surface area contributed by atoms with Crippen LogP contribution in [0.2, 0.25) is 5.15 Å². The Bertz CT molecular complexity index is 1630. The molecule has 1 aromatic heterocycles. The van der Waals surface area contributed by atoms with Gasteiger partial charge in [0.2, 0.25) is 23.6 Å². The van der Waals surface area contributed by atoms with Crippen molar-refractivity contribution in [3.8, 4) is 0 Å². The maximum atomic E-state index is 14.2.